The molecule has 1 unspecified atom stereocenters. The van der Waals surface area contributed by atoms with E-state index in [9.17, 15) is 13.2 Å². The number of hydrogen-bond donors (Lipinski definition) is 3. The first-order valence-corrected chi connectivity index (χ1v) is 8.69. The molecular weight excluding hydrogens is 266 g/mol. The first-order valence-electron chi connectivity index (χ1n) is 6.80. The Morgan fingerprint density at radius 2 is 1.95 bits per heavy atom. The molecule has 1 amide bonds. The second-order valence-electron chi connectivity index (χ2n) is 5.29. The van der Waals surface area contributed by atoms with Gasteiger partial charge in [-0.05, 0) is 37.8 Å². The number of carbonyl (C=O) groups is 1. The monoisotopic (exact) mass is 291 g/mol. The summed E-state index contributed by atoms with van der Waals surface area (Å²) in [6, 6.07) is 0. The lowest BCUT2D eigenvalue weighted by atomic mass is 9.84. The van der Waals surface area contributed by atoms with Crippen molar-refractivity contribution in [3.63, 3.8) is 0 Å². The summed E-state index contributed by atoms with van der Waals surface area (Å²) in [7, 11) is -3.17. The minimum atomic E-state index is -3.17. The van der Waals surface area contributed by atoms with Crippen LogP contribution in [0.4, 0.5) is 0 Å². The highest BCUT2D eigenvalue weighted by molar-refractivity contribution is 7.88. The standard InChI is InChI=1S/C12H25N3O3S/c1-10(11-3-5-13-6-4-11)9-12(16)14-7-8-15-19(2,17)18/h10-11,13,15H,3-9H2,1-2H3,(H,14,16). The predicted molar refractivity (Wildman–Crippen MR) is 75.2 cm³/mol. The van der Waals surface area contributed by atoms with E-state index in [1.807, 2.05) is 0 Å². The average Bonchev–Trinajstić information content (AvgIpc) is 2.34. The van der Waals surface area contributed by atoms with Gasteiger partial charge in [0.1, 0.15) is 0 Å². The second-order valence-corrected chi connectivity index (χ2v) is 7.12. The Hall–Kier alpha value is -0.660. The molecule has 1 atom stereocenters. The minimum absolute atomic E-state index is 0.00123. The van der Waals surface area contributed by atoms with Crippen LogP contribution in [-0.2, 0) is 14.8 Å². The molecule has 1 saturated heterocycles. The number of rotatable bonds is 7. The van der Waals surface area contributed by atoms with Crippen molar-refractivity contribution in [1.29, 1.82) is 0 Å². The van der Waals surface area contributed by atoms with Gasteiger partial charge in [-0.15, -0.1) is 0 Å². The molecular formula is C12H25N3O3S. The maximum absolute atomic E-state index is 11.7. The van der Waals surface area contributed by atoms with Crippen LogP contribution in [0.2, 0.25) is 0 Å². The lowest BCUT2D eigenvalue weighted by Crippen LogP contribution is -2.36. The van der Waals surface area contributed by atoms with E-state index in [1.165, 1.54) is 0 Å². The second kappa shape index (κ2) is 7.81. The van der Waals surface area contributed by atoms with E-state index < -0.39 is 10.0 Å². The maximum Gasteiger partial charge on any atom is 0.220 e. The molecule has 0 radical (unpaired) electrons. The summed E-state index contributed by atoms with van der Waals surface area (Å²) in [6.07, 6.45) is 3.88. The number of amides is 1. The molecule has 7 heteroatoms. The zero-order valence-electron chi connectivity index (χ0n) is 11.7. The molecule has 1 aliphatic rings. The van der Waals surface area contributed by atoms with Gasteiger partial charge in [0.2, 0.25) is 15.9 Å². The Morgan fingerprint density at radius 1 is 1.32 bits per heavy atom. The van der Waals surface area contributed by atoms with Crippen LogP contribution >= 0.6 is 0 Å². The zero-order chi connectivity index (χ0) is 14.3. The topological polar surface area (TPSA) is 87.3 Å². The number of carbonyl (C=O) groups excluding carboxylic acids is 1. The molecule has 0 bridgehead atoms. The van der Waals surface area contributed by atoms with Gasteiger partial charge in [0.25, 0.3) is 0 Å². The van der Waals surface area contributed by atoms with Crippen LogP contribution in [0, 0.1) is 11.8 Å². The van der Waals surface area contributed by atoms with E-state index in [-0.39, 0.29) is 12.5 Å². The van der Waals surface area contributed by atoms with Crippen LogP contribution in [0.1, 0.15) is 26.2 Å². The fourth-order valence-corrected chi connectivity index (χ4v) is 2.86. The fourth-order valence-electron chi connectivity index (χ4n) is 2.38. The molecule has 19 heavy (non-hydrogen) atoms. The number of piperidine rings is 1. The highest BCUT2D eigenvalue weighted by Gasteiger charge is 2.21. The molecule has 1 rings (SSSR count). The predicted octanol–water partition coefficient (Wildman–Crippen LogP) is -0.322. The molecule has 6 nitrogen and oxygen atoms in total. The SMILES string of the molecule is CC(CC(=O)NCCNS(C)(=O)=O)C1CCNCC1. The minimum Gasteiger partial charge on any atom is -0.355 e. The average molecular weight is 291 g/mol. The molecule has 3 N–H and O–H groups in total. The fraction of sp³-hybridized carbons (Fsp3) is 0.917. The van der Waals surface area contributed by atoms with E-state index >= 15 is 0 Å². The zero-order valence-corrected chi connectivity index (χ0v) is 12.6. The molecule has 112 valence electrons. The van der Waals surface area contributed by atoms with E-state index in [2.05, 4.69) is 22.3 Å². The van der Waals surface area contributed by atoms with E-state index in [0.29, 0.717) is 24.8 Å². The van der Waals surface area contributed by atoms with E-state index in [4.69, 9.17) is 0 Å². The van der Waals surface area contributed by atoms with Gasteiger partial charge in [-0.3, -0.25) is 4.79 Å². The first kappa shape index (κ1) is 16.4. The molecule has 0 aliphatic carbocycles. The third kappa shape index (κ3) is 7.49. The van der Waals surface area contributed by atoms with Crippen molar-refractivity contribution in [1.82, 2.24) is 15.4 Å². The van der Waals surface area contributed by atoms with Gasteiger partial charge in [-0.2, -0.15) is 0 Å². The molecule has 1 fully saturated rings. The summed E-state index contributed by atoms with van der Waals surface area (Å²) in [6.45, 7) is 4.77. The normalized spacial score (nSPS) is 19.1. The third-order valence-electron chi connectivity index (χ3n) is 3.51. The molecule has 0 aromatic carbocycles. The summed E-state index contributed by atoms with van der Waals surface area (Å²) >= 11 is 0. The van der Waals surface area contributed by atoms with Crippen LogP contribution in [0.25, 0.3) is 0 Å². The Balaban J connectivity index is 2.16. The summed E-state index contributed by atoms with van der Waals surface area (Å²) < 4.78 is 24.0. The largest absolute Gasteiger partial charge is 0.355 e. The lowest BCUT2D eigenvalue weighted by molar-refractivity contribution is -0.122. The Kier molecular flexibility index (Phi) is 6.74. The smallest absolute Gasteiger partial charge is 0.220 e. The van der Waals surface area contributed by atoms with Gasteiger partial charge in [0, 0.05) is 19.5 Å². The number of nitrogens with one attached hydrogen (secondary N) is 3. The van der Waals surface area contributed by atoms with Crippen LogP contribution in [0.3, 0.4) is 0 Å². The van der Waals surface area contributed by atoms with Crippen molar-refractivity contribution in [2.24, 2.45) is 11.8 Å². The van der Waals surface area contributed by atoms with Crippen molar-refractivity contribution in [2.75, 3.05) is 32.4 Å². The molecule has 1 heterocycles. The van der Waals surface area contributed by atoms with Crippen molar-refractivity contribution in [3.8, 4) is 0 Å². The summed E-state index contributed by atoms with van der Waals surface area (Å²) in [5.41, 5.74) is 0. The van der Waals surface area contributed by atoms with Crippen LogP contribution in [-0.4, -0.2) is 46.8 Å². The number of hydrogen-bond acceptors (Lipinski definition) is 4. The van der Waals surface area contributed by atoms with Crippen LogP contribution < -0.4 is 15.4 Å². The maximum atomic E-state index is 11.7. The molecule has 0 spiro atoms. The Bertz CT molecular complexity index is 378. The molecule has 0 aromatic rings. The van der Waals surface area contributed by atoms with E-state index in [1.54, 1.807) is 0 Å². The highest BCUT2D eigenvalue weighted by atomic mass is 32.2. The molecule has 1 aliphatic heterocycles. The molecule has 0 saturated carbocycles. The molecule has 0 aromatic heterocycles. The van der Waals surface area contributed by atoms with Crippen molar-refractivity contribution in [3.05, 3.63) is 0 Å². The van der Waals surface area contributed by atoms with Crippen molar-refractivity contribution < 1.29 is 13.2 Å². The highest BCUT2D eigenvalue weighted by Crippen LogP contribution is 2.23. The third-order valence-corrected chi connectivity index (χ3v) is 4.24. The lowest BCUT2D eigenvalue weighted by Gasteiger charge is -2.27. The number of sulfonamides is 1. The van der Waals surface area contributed by atoms with Gasteiger partial charge < -0.3 is 10.6 Å². The Labute approximate surface area is 115 Å². The van der Waals surface area contributed by atoms with Gasteiger partial charge in [-0.25, -0.2) is 13.1 Å². The summed E-state index contributed by atoms with van der Waals surface area (Å²) in [5.74, 6) is 0.993. The van der Waals surface area contributed by atoms with Gasteiger partial charge in [-0.1, -0.05) is 6.92 Å². The van der Waals surface area contributed by atoms with Gasteiger partial charge in [0.15, 0.2) is 0 Å². The van der Waals surface area contributed by atoms with Gasteiger partial charge in [0.05, 0.1) is 6.26 Å². The summed E-state index contributed by atoms with van der Waals surface area (Å²) in [4.78, 5) is 11.7. The first-order chi connectivity index (χ1) is 8.88. The van der Waals surface area contributed by atoms with E-state index in [0.717, 1.165) is 32.2 Å². The van der Waals surface area contributed by atoms with Crippen molar-refractivity contribution in [2.45, 2.75) is 26.2 Å². The van der Waals surface area contributed by atoms with Crippen molar-refractivity contribution >= 4 is 15.9 Å². The Morgan fingerprint density at radius 3 is 2.53 bits per heavy atom. The van der Waals surface area contributed by atoms with Gasteiger partial charge >= 0.3 is 0 Å². The van der Waals surface area contributed by atoms with Crippen LogP contribution in [0.5, 0.6) is 0 Å². The quantitative estimate of drug-likeness (QED) is 0.561. The summed E-state index contributed by atoms with van der Waals surface area (Å²) in [5, 5.41) is 6.06. The van der Waals surface area contributed by atoms with Crippen LogP contribution in [0.15, 0.2) is 0 Å².